The molecule has 12 nitrogen and oxygen atoms in total. The first-order chi connectivity index (χ1) is 18.5. The van der Waals surface area contributed by atoms with Gasteiger partial charge in [0.25, 0.3) is 11.8 Å². The van der Waals surface area contributed by atoms with Crippen LogP contribution in [0.5, 0.6) is 0 Å². The molecule has 0 aromatic heterocycles. The van der Waals surface area contributed by atoms with E-state index in [9.17, 15) is 33.9 Å². The van der Waals surface area contributed by atoms with Crippen LogP contribution in [0.1, 0.15) is 41.0 Å². The SMILES string of the molecule is CC(COC(=O)O)CC(C(C)C(=O)O)N1C(=O)[C@@H](OC(=O)c2ccccc2)[C@H](OC(=O)c2ccccc2)C1=O. The molecule has 12 heteroatoms. The number of amides is 2. The number of rotatable bonds is 11. The van der Waals surface area contributed by atoms with Gasteiger partial charge in [-0.3, -0.25) is 19.3 Å². The number of imide groups is 1. The average Bonchev–Trinajstić information content (AvgIpc) is 3.14. The van der Waals surface area contributed by atoms with Crippen molar-refractivity contribution in [2.45, 2.75) is 38.5 Å². The van der Waals surface area contributed by atoms with Crippen molar-refractivity contribution >= 4 is 35.9 Å². The van der Waals surface area contributed by atoms with Gasteiger partial charge in [-0.25, -0.2) is 14.4 Å². The Morgan fingerprint density at radius 3 is 1.62 bits per heavy atom. The fourth-order valence-electron chi connectivity index (χ4n) is 4.10. The van der Waals surface area contributed by atoms with Crippen LogP contribution in [0.15, 0.2) is 60.7 Å². The van der Waals surface area contributed by atoms with Gasteiger partial charge in [0.2, 0.25) is 12.2 Å². The van der Waals surface area contributed by atoms with E-state index in [1.807, 2.05) is 0 Å². The predicted octanol–water partition coefficient (Wildman–Crippen LogP) is 2.62. The van der Waals surface area contributed by atoms with E-state index >= 15 is 0 Å². The van der Waals surface area contributed by atoms with Gasteiger partial charge in [0.05, 0.1) is 29.7 Å². The number of carboxylic acids is 1. The zero-order chi connectivity index (χ0) is 28.7. The molecule has 2 N–H and O–H groups in total. The fourth-order valence-corrected chi connectivity index (χ4v) is 4.10. The number of hydrogen-bond acceptors (Lipinski definition) is 9. The number of esters is 2. The summed E-state index contributed by atoms with van der Waals surface area (Å²) in [5.74, 6) is -7.32. The largest absolute Gasteiger partial charge is 0.505 e. The number of hydrogen-bond donors (Lipinski definition) is 2. The Bertz CT molecular complexity index is 1160. The lowest BCUT2D eigenvalue weighted by molar-refractivity contribution is -0.151. The topological polar surface area (TPSA) is 174 Å². The molecule has 206 valence electrons. The van der Waals surface area contributed by atoms with Crippen LogP contribution in [-0.2, 0) is 28.6 Å². The van der Waals surface area contributed by atoms with Gasteiger partial charge in [0, 0.05) is 0 Å². The molecule has 0 spiro atoms. The van der Waals surface area contributed by atoms with Gasteiger partial charge in [0.1, 0.15) is 0 Å². The first-order valence-electron chi connectivity index (χ1n) is 12.0. The summed E-state index contributed by atoms with van der Waals surface area (Å²) in [6.45, 7) is 2.50. The third-order valence-corrected chi connectivity index (χ3v) is 6.16. The molecule has 3 rings (SSSR count). The highest BCUT2D eigenvalue weighted by Crippen LogP contribution is 2.30. The minimum absolute atomic E-state index is 0.0687. The first-order valence-corrected chi connectivity index (χ1v) is 12.0. The number of carbonyl (C=O) groups excluding carboxylic acids is 4. The quantitative estimate of drug-likeness (QED) is 0.243. The highest BCUT2D eigenvalue weighted by atomic mass is 16.7. The maximum absolute atomic E-state index is 13.5. The van der Waals surface area contributed by atoms with Crippen LogP contribution in [0.25, 0.3) is 0 Å². The molecule has 1 aliphatic rings. The molecule has 0 bridgehead atoms. The van der Waals surface area contributed by atoms with Gasteiger partial charge in [-0.15, -0.1) is 0 Å². The summed E-state index contributed by atoms with van der Waals surface area (Å²) in [5, 5.41) is 18.5. The molecule has 1 fully saturated rings. The molecule has 1 heterocycles. The van der Waals surface area contributed by atoms with E-state index in [4.69, 9.17) is 14.6 Å². The first kappa shape index (κ1) is 28.8. The smallest absolute Gasteiger partial charge is 0.481 e. The van der Waals surface area contributed by atoms with Crippen LogP contribution in [0.2, 0.25) is 0 Å². The summed E-state index contributed by atoms with van der Waals surface area (Å²) < 4.78 is 15.3. The van der Waals surface area contributed by atoms with Crippen molar-refractivity contribution in [1.29, 1.82) is 0 Å². The number of likely N-dealkylation sites (tertiary alicyclic amines) is 1. The van der Waals surface area contributed by atoms with Crippen molar-refractivity contribution in [1.82, 2.24) is 4.90 Å². The summed E-state index contributed by atoms with van der Waals surface area (Å²) in [5.41, 5.74) is 0.137. The van der Waals surface area contributed by atoms with Gasteiger partial charge in [-0.05, 0) is 43.5 Å². The van der Waals surface area contributed by atoms with Crippen LogP contribution in [0, 0.1) is 11.8 Å². The maximum atomic E-state index is 13.5. The van der Waals surface area contributed by atoms with Gasteiger partial charge in [-0.1, -0.05) is 43.3 Å². The molecule has 5 atom stereocenters. The molecule has 0 saturated carbocycles. The van der Waals surface area contributed by atoms with E-state index in [-0.39, 0.29) is 24.2 Å². The minimum atomic E-state index is -1.88. The number of carboxylic acid groups (broad SMARTS) is 2. The Morgan fingerprint density at radius 2 is 1.23 bits per heavy atom. The second-order valence-electron chi connectivity index (χ2n) is 9.04. The van der Waals surface area contributed by atoms with Crippen LogP contribution in [0.3, 0.4) is 0 Å². The van der Waals surface area contributed by atoms with Gasteiger partial charge >= 0.3 is 24.1 Å². The molecule has 0 aliphatic carbocycles. The fraction of sp³-hybridized carbons (Fsp3) is 0.333. The lowest BCUT2D eigenvalue weighted by Gasteiger charge is -2.31. The second kappa shape index (κ2) is 12.7. The third kappa shape index (κ3) is 6.98. The summed E-state index contributed by atoms with van der Waals surface area (Å²) in [4.78, 5) is 76.0. The Labute approximate surface area is 223 Å². The molecule has 0 radical (unpaired) electrons. The van der Waals surface area contributed by atoms with Crippen molar-refractivity contribution in [2.24, 2.45) is 11.8 Å². The Morgan fingerprint density at radius 1 is 0.795 bits per heavy atom. The van der Waals surface area contributed by atoms with E-state index in [0.717, 1.165) is 0 Å². The summed E-state index contributed by atoms with van der Waals surface area (Å²) in [7, 11) is 0. The monoisotopic (exact) mass is 541 g/mol. The predicted molar refractivity (Wildman–Crippen MR) is 131 cm³/mol. The zero-order valence-electron chi connectivity index (χ0n) is 21.1. The Hall–Kier alpha value is -4.74. The number of carbonyl (C=O) groups is 6. The normalized spacial score (nSPS) is 19.1. The van der Waals surface area contributed by atoms with E-state index < -0.39 is 66.0 Å². The van der Waals surface area contributed by atoms with Crippen molar-refractivity contribution in [2.75, 3.05) is 6.61 Å². The molecular formula is C27H27NO11. The molecule has 3 unspecified atom stereocenters. The number of ether oxygens (including phenoxy) is 3. The standard InChI is InChI=1S/C27H27NO11/c1-15(14-37-27(35)36)13-19(16(2)24(31)32)28-22(29)20(38-25(33)17-9-5-3-6-10-17)21(23(28)30)39-26(34)18-11-7-4-8-12-18/h3-12,15-16,19-21H,13-14H2,1-2H3,(H,31,32)(H,35,36)/t15?,16?,19?,20-,21-/m0/s1. The highest BCUT2D eigenvalue weighted by Gasteiger charge is 2.56. The average molecular weight is 542 g/mol. The van der Waals surface area contributed by atoms with Gasteiger partial charge in [0.15, 0.2) is 0 Å². The van der Waals surface area contributed by atoms with Crippen LogP contribution < -0.4 is 0 Å². The van der Waals surface area contributed by atoms with Crippen LogP contribution >= 0.6 is 0 Å². The molecular weight excluding hydrogens is 514 g/mol. The highest BCUT2D eigenvalue weighted by molar-refractivity contribution is 6.10. The lowest BCUT2D eigenvalue weighted by atomic mass is 9.91. The van der Waals surface area contributed by atoms with Crippen molar-refractivity contribution in [3.8, 4) is 0 Å². The second-order valence-corrected chi connectivity index (χ2v) is 9.04. The summed E-state index contributed by atoms with van der Waals surface area (Å²) in [6, 6.07) is 13.9. The summed E-state index contributed by atoms with van der Waals surface area (Å²) in [6.07, 6.45) is -5.46. The van der Waals surface area contributed by atoms with Crippen molar-refractivity contribution in [3.05, 3.63) is 71.8 Å². The van der Waals surface area contributed by atoms with Crippen molar-refractivity contribution < 1.29 is 53.2 Å². The van der Waals surface area contributed by atoms with E-state index in [1.54, 1.807) is 43.3 Å². The van der Waals surface area contributed by atoms with Crippen LogP contribution in [0.4, 0.5) is 4.79 Å². The number of nitrogens with zero attached hydrogens (tertiary/aromatic N) is 1. The van der Waals surface area contributed by atoms with E-state index in [0.29, 0.717) is 4.90 Å². The zero-order valence-corrected chi connectivity index (χ0v) is 21.1. The van der Waals surface area contributed by atoms with Crippen molar-refractivity contribution in [3.63, 3.8) is 0 Å². The molecule has 39 heavy (non-hydrogen) atoms. The Balaban J connectivity index is 1.96. The summed E-state index contributed by atoms with van der Waals surface area (Å²) >= 11 is 0. The van der Waals surface area contributed by atoms with Crippen LogP contribution in [-0.4, -0.2) is 75.8 Å². The maximum Gasteiger partial charge on any atom is 0.505 e. The van der Waals surface area contributed by atoms with E-state index in [1.165, 1.54) is 31.2 Å². The van der Waals surface area contributed by atoms with Gasteiger partial charge < -0.3 is 24.4 Å². The third-order valence-electron chi connectivity index (χ3n) is 6.16. The van der Waals surface area contributed by atoms with E-state index in [2.05, 4.69) is 4.74 Å². The number of benzene rings is 2. The lowest BCUT2D eigenvalue weighted by Crippen LogP contribution is -2.48. The molecule has 2 aromatic carbocycles. The molecule has 2 amide bonds. The molecule has 1 saturated heterocycles. The molecule has 2 aromatic rings. The Kier molecular flexibility index (Phi) is 9.37. The minimum Gasteiger partial charge on any atom is -0.481 e. The van der Waals surface area contributed by atoms with Gasteiger partial charge in [-0.2, -0.15) is 0 Å². The molecule has 1 aliphatic heterocycles. The number of aliphatic carboxylic acids is 1.